The maximum Gasteiger partial charge on any atom is 0.0704 e. The second-order valence-corrected chi connectivity index (χ2v) is 5.51. The van der Waals surface area contributed by atoms with E-state index < -0.39 is 0 Å². The normalized spacial score (nSPS) is 29.6. The quantitative estimate of drug-likeness (QED) is 0.451. The van der Waals surface area contributed by atoms with E-state index in [1.54, 1.807) is 7.11 Å². The van der Waals surface area contributed by atoms with Crippen LogP contribution in [0.3, 0.4) is 0 Å². The zero-order valence-electron chi connectivity index (χ0n) is 9.01. The SMILES string of the molecule is COCCOC1CCCCCCC1I. The average Bonchev–Trinajstić information content (AvgIpc) is 2.17. The predicted molar refractivity (Wildman–Crippen MR) is 67.1 cm³/mol. The fraction of sp³-hybridized carbons (Fsp3) is 1.00. The standard InChI is InChI=1S/C11H21IO2/c1-13-8-9-14-11-7-5-3-2-4-6-10(11)12/h10-11H,2-9H2,1H3. The molecule has 0 aromatic rings. The van der Waals surface area contributed by atoms with E-state index in [1.807, 2.05) is 0 Å². The number of methoxy groups -OCH3 is 1. The molecule has 1 aliphatic rings. The van der Waals surface area contributed by atoms with E-state index in [0.29, 0.717) is 10.0 Å². The second kappa shape index (κ2) is 7.88. The fourth-order valence-electron chi connectivity index (χ4n) is 1.88. The molecule has 1 rings (SSSR count). The van der Waals surface area contributed by atoms with Gasteiger partial charge in [0.1, 0.15) is 0 Å². The summed E-state index contributed by atoms with van der Waals surface area (Å²) < 4.78 is 11.5. The lowest BCUT2D eigenvalue weighted by Crippen LogP contribution is -2.27. The molecule has 0 aromatic heterocycles. The molecule has 0 aromatic carbocycles. The largest absolute Gasteiger partial charge is 0.382 e. The minimum Gasteiger partial charge on any atom is -0.382 e. The summed E-state index contributed by atoms with van der Waals surface area (Å²) in [4.78, 5) is 0. The van der Waals surface area contributed by atoms with Gasteiger partial charge in [0, 0.05) is 11.0 Å². The van der Waals surface area contributed by atoms with E-state index >= 15 is 0 Å². The molecule has 2 nitrogen and oxygen atoms in total. The van der Waals surface area contributed by atoms with E-state index in [-0.39, 0.29) is 0 Å². The van der Waals surface area contributed by atoms with E-state index in [2.05, 4.69) is 22.6 Å². The number of hydrogen-bond donors (Lipinski definition) is 0. The van der Waals surface area contributed by atoms with Gasteiger partial charge in [-0.05, 0) is 12.8 Å². The third-order valence-electron chi connectivity index (χ3n) is 2.74. The summed E-state index contributed by atoms with van der Waals surface area (Å²) in [6.45, 7) is 1.47. The molecule has 1 saturated carbocycles. The Morgan fingerprint density at radius 1 is 1.07 bits per heavy atom. The van der Waals surface area contributed by atoms with Crippen LogP contribution in [0.4, 0.5) is 0 Å². The molecular weight excluding hydrogens is 291 g/mol. The fourth-order valence-corrected chi connectivity index (χ4v) is 2.88. The Balaban J connectivity index is 2.22. The first kappa shape index (κ1) is 12.7. The van der Waals surface area contributed by atoms with Crippen molar-refractivity contribution in [2.75, 3.05) is 20.3 Å². The van der Waals surface area contributed by atoms with Gasteiger partial charge in [0.15, 0.2) is 0 Å². The van der Waals surface area contributed by atoms with Crippen molar-refractivity contribution in [3.05, 3.63) is 0 Å². The van der Waals surface area contributed by atoms with Crippen LogP contribution >= 0.6 is 22.6 Å². The van der Waals surface area contributed by atoms with Gasteiger partial charge >= 0.3 is 0 Å². The van der Waals surface area contributed by atoms with Gasteiger partial charge < -0.3 is 9.47 Å². The Labute approximate surface area is 101 Å². The first-order valence-corrected chi connectivity index (χ1v) is 6.83. The highest BCUT2D eigenvalue weighted by Gasteiger charge is 2.20. The lowest BCUT2D eigenvalue weighted by Gasteiger charge is -2.25. The molecule has 84 valence electrons. The molecule has 14 heavy (non-hydrogen) atoms. The van der Waals surface area contributed by atoms with E-state index in [4.69, 9.17) is 9.47 Å². The smallest absolute Gasteiger partial charge is 0.0704 e. The van der Waals surface area contributed by atoms with Crippen LogP contribution in [0, 0.1) is 0 Å². The number of hydrogen-bond acceptors (Lipinski definition) is 2. The summed E-state index contributed by atoms with van der Waals surface area (Å²) in [6, 6.07) is 0. The van der Waals surface area contributed by atoms with Crippen molar-refractivity contribution in [1.29, 1.82) is 0 Å². The summed E-state index contributed by atoms with van der Waals surface area (Å²) in [7, 11) is 1.73. The maximum absolute atomic E-state index is 5.84. The first-order chi connectivity index (χ1) is 6.84. The van der Waals surface area contributed by atoms with Crippen molar-refractivity contribution in [2.24, 2.45) is 0 Å². The molecule has 1 aliphatic carbocycles. The van der Waals surface area contributed by atoms with Crippen molar-refractivity contribution in [3.8, 4) is 0 Å². The Hall–Kier alpha value is 0.650. The molecule has 0 heterocycles. The summed E-state index contributed by atoms with van der Waals surface area (Å²) in [5, 5.41) is 0. The topological polar surface area (TPSA) is 18.5 Å². The van der Waals surface area contributed by atoms with E-state index in [9.17, 15) is 0 Å². The van der Waals surface area contributed by atoms with Crippen LogP contribution in [0.2, 0.25) is 0 Å². The number of alkyl halides is 1. The molecule has 0 bridgehead atoms. The zero-order chi connectivity index (χ0) is 10.2. The molecule has 0 spiro atoms. The number of halogens is 1. The summed E-state index contributed by atoms with van der Waals surface area (Å²) in [5.74, 6) is 0. The number of ether oxygens (including phenoxy) is 2. The Morgan fingerprint density at radius 2 is 1.79 bits per heavy atom. The van der Waals surface area contributed by atoms with Gasteiger partial charge in [0.25, 0.3) is 0 Å². The van der Waals surface area contributed by atoms with Gasteiger partial charge in [-0.2, -0.15) is 0 Å². The second-order valence-electron chi connectivity index (χ2n) is 3.91. The van der Waals surface area contributed by atoms with Gasteiger partial charge in [0.2, 0.25) is 0 Å². The first-order valence-electron chi connectivity index (χ1n) is 5.59. The molecule has 0 amide bonds. The zero-order valence-corrected chi connectivity index (χ0v) is 11.2. The van der Waals surface area contributed by atoms with Crippen LogP contribution in [-0.2, 0) is 9.47 Å². The van der Waals surface area contributed by atoms with Crippen LogP contribution < -0.4 is 0 Å². The molecular formula is C11H21IO2. The minimum atomic E-state index is 0.464. The van der Waals surface area contributed by atoms with Gasteiger partial charge in [-0.3, -0.25) is 0 Å². The minimum absolute atomic E-state index is 0.464. The van der Waals surface area contributed by atoms with Gasteiger partial charge in [-0.1, -0.05) is 48.3 Å². The Morgan fingerprint density at radius 3 is 2.50 bits per heavy atom. The summed E-state index contributed by atoms with van der Waals surface area (Å²) in [5.41, 5.74) is 0. The maximum atomic E-state index is 5.84. The van der Waals surface area contributed by atoms with Crippen LogP contribution in [0.1, 0.15) is 38.5 Å². The van der Waals surface area contributed by atoms with Crippen molar-refractivity contribution < 1.29 is 9.47 Å². The van der Waals surface area contributed by atoms with Crippen molar-refractivity contribution >= 4 is 22.6 Å². The Bertz CT molecular complexity index is 141. The molecule has 1 fully saturated rings. The average molecular weight is 312 g/mol. The lowest BCUT2D eigenvalue weighted by molar-refractivity contribution is 0.0106. The van der Waals surface area contributed by atoms with Gasteiger partial charge in [0.05, 0.1) is 19.3 Å². The molecule has 0 radical (unpaired) electrons. The monoisotopic (exact) mass is 312 g/mol. The molecule has 2 atom stereocenters. The predicted octanol–water partition coefficient (Wildman–Crippen LogP) is 3.18. The molecule has 0 N–H and O–H groups in total. The van der Waals surface area contributed by atoms with Gasteiger partial charge in [-0.25, -0.2) is 0 Å². The van der Waals surface area contributed by atoms with E-state index in [1.165, 1.54) is 38.5 Å². The Kier molecular flexibility index (Phi) is 7.16. The van der Waals surface area contributed by atoms with Gasteiger partial charge in [-0.15, -0.1) is 0 Å². The summed E-state index contributed by atoms with van der Waals surface area (Å²) in [6.07, 6.45) is 8.51. The van der Waals surface area contributed by atoms with Crippen molar-refractivity contribution in [2.45, 2.75) is 48.6 Å². The highest BCUT2D eigenvalue weighted by atomic mass is 127. The van der Waals surface area contributed by atoms with Crippen LogP contribution in [0.25, 0.3) is 0 Å². The molecule has 0 aliphatic heterocycles. The molecule has 0 saturated heterocycles. The van der Waals surface area contributed by atoms with Crippen LogP contribution in [-0.4, -0.2) is 30.4 Å². The van der Waals surface area contributed by atoms with E-state index in [0.717, 1.165) is 13.2 Å². The third-order valence-corrected chi connectivity index (χ3v) is 4.17. The van der Waals surface area contributed by atoms with Crippen molar-refractivity contribution in [3.63, 3.8) is 0 Å². The number of rotatable bonds is 4. The van der Waals surface area contributed by atoms with Crippen LogP contribution in [0.5, 0.6) is 0 Å². The summed E-state index contributed by atoms with van der Waals surface area (Å²) >= 11 is 2.55. The molecule has 2 unspecified atom stereocenters. The van der Waals surface area contributed by atoms with Crippen molar-refractivity contribution in [1.82, 2.24) is 0 Å². The highest BCUT2D eigenvalue weighted by Crippen LogP contribution is 2.25. The van der Waals surface area contributed by atoms with Crippen LogP contribution in [0.15, 0.2) is 0 Å². The molecule has 3 heteroatoms. The highest BCUT2D eigenvalue weighted by molar-refractivity contribution is 14.1. The lowest BCUT2D eigenvalue weighted by atomic mass is 9.98. The third kappa shape index (κ3) is 4.94.